The van der Waals surface area contributed by atoms with Crippen LogP contribution in [0.4, 0.5) is 11.4 Å². The van der Waals surface area contributed by atoms with Gasteiger partial charge in [0.2, 0.25) is 11.8 Å². The molecule has 1 N–H and O–H groups in total. The Kier molecular flexibility index (Phi) is 4.00. The lowest BCUT2D eigenvalue weighted by Gasteiger charge is -2.19. The molecule has 128 valence electrons. The zero-order valence-electron chi connectivity index (χ0n) is 13.8. The van der Waals surface area contributed by atoms with Gasteiger partial charge < -0.3 is 10.2 Å². The average molecular weight is 355 g/mol. The number of carbonyl (C=O) groups excluding carboxylic acids is 2. The van der Waals surface area contributed by atoms with E-state index in [9.17, 15) is 9.59 Å². The number of rotatable bonds is 4. The van der Waals surface area contributed by atoms with Crippen molar-refractivity contribution in [3.8, 4) is 0 Å². The number of anilines is 2. The van der Waals surface area contributed by atoms with Crippen LogP contribution in [0.1, 0.15) is 31.2 Å². The van der Waals surface area contributed by atoms with Crippen molar-refractivity contribution in [2.24, 2.45) is 0 Å². The molecule has 1 aliphatic carbocycles. The number of hydrogen-bond donors (Lipinski definition) is 1. The Morgan fingerprint density at radius 2 is 1.88 bits per heavy atom. The van der Waals surface area contributed by atoms with E-state index < -0.39 is 5.41 Å². The first-order chi connectivity index (χ1) is 12.1. The van der Waals surface area contributed by atoms with Crippen LogP contribution in [-0.2, 0) is 15.0 Å². The van der Waals surface area contributed by atoms with Crippen LogP contribution in [0.2, 0.25) is 5.02 Å². The summed E-state index contributed by atoms with van der Waals surface area (Å²) in [5.74, 6) is 0.142. The SMILES string of the molecule is O=C1CCCN1c1cccc(NC(=O)C2(c3ccc(Cl)cc3)CC2)c1. The van der Waals surface area contributed by atoms with E-state index in [1.165, 1.54) is 0 Å². The molecule has 1 saturated carbocycles. The molecule has 1 heterocycles. The van der Waals surface area contributed by atoms with Gasteiger partial charge in [-0.2, -0.15) is 0 Å². The molecule has 2 aromatic rings. The number of nitrogens with zero attached hydrogens (tertiary/aromatic N) is 1. The third-order valence-corrected chi connectivity index (χ3v) is 5.32. The molecule has 4 nitrogen and oxygen atoms in total. The van der Waals surface area contributed by atoms with Gasteiger partial charge in [0, 0.05) is 29.4 Å². The van der Waals surface area contributed by atoms with Gasteiger partial charge >= 0.3 is 0 Å². The largest absolute Gasteiger partial charge is 0.325 e. The highest BCUT2D eigenvalue weighted by molar-refractivity contribution is 6.30. The fourth-order valence-corrected chi connectivity index (χ4v) is 3.59. The van der Waals surface area contributed by atoms with Crippen molar-refractivity contribution in [1.82, 2.24) is 0 Å². The smallest absolute Gasteiger partial charge is 0.235 e. The Balaban J connectivity index is 1.53. The summed E-state index contributed by atoms with van der Waals surface area (Å²) in [5.41, 5.74) is 2.11. The topological polar surface area (TPSA) is 49.4 Å². The molecule has 0 spiro atoms. The molecule has 1 aliphatic heterocycles. The molecule has 2 aliphatic rings. The average Bonchev–Trinajstić information content (AvgIpc) is 3.31. The minimum absolute atomic E-state index is 0.000258. The first kappa shape index (κ1) is 16.2. The van der Waals surface area contributed by atoms with E-state index in [0.717, 1.165) is 42.7 Å². The van der Waals surface area contributed by atoms with Crippen LogP contribution in [0.5, 0.6) is 0 Å². The van der Waals surface area contributed by atoms with E-state index in [-0.39, 0.29) is 11.8 Å². The Bertz CT molecular complexity index is 828. The van der Waals surface area contributed by atoms with E-state index in [1.807, 2.05) is 48.5 Å². The summed E-state index contributed by atoms with van der Waals surface area (Å²) in [6.45, 7) is 0.741. The molecule has 2 amide bonds. The molecule has 0 bridgehead atoms. The van der Waals surface area contributed by atoms with E-state index in [1.54, 1.807) is 4.90 Å². The van der Waals surface area contributed by atoms with Gasteiger partial charge in [-0.25, -0.2) is 0 Å². The summed E-state index contributed by atoms with van der Waals surface area (Å²) in [7, 11) is 0. The first-order valence-electron chi connectivity index (χ1n) is 8.56. The van der Waals surface area contributed by atoms with Gasteiger partial charge in [0.05, 0.1) is 5.41 Å². The fourth-order valence-electron chi connectivity index (χ4n) is 3.46. The Hall–Kier alpha value is -2.33. The van der Waals surface area contributed by atoms with Crippen molar-refractivity contribution in [2.75, 3.05) is 16.8 Å². The minimum Gasteiger partial charge on any atom is -0.325 e. The summed E-state index contributed by atoms with van der Waals surface area (Å²) >= 11 is 5.95. The van der Waals surface area contributed by atoms with E-state index >= 15 is 0 Å². The summed E-state index contributed by atoms with van der Waals surface area (Å²) in [5, 5.41) is 3.70. The molecule has 2 fully saturated rings. The molecular weight excluding hydrogens is 336 g/mol. The molecule has 5 heteroatoms. The maximum Gasteiger partial charge on any atom is 0.235 e. The molecule has 0 aromatic heterocycles. The van der Waals surface area contributed by atoms with Gasteiger partial charge in [-0.3, -0.25) is 9.59 Å². The maximum absolute atomic E-state index is 12.9. The third-order valence-electron chi connectivity index (χ3n) is 5.07. The van der Waals surface area contributed by atoms with Gasteiger partial charge in [0.25, 0.3) is 0 Å². The van der Waals surface area contributed by atoms with Gasteiger partial charge in [0.1, 0.15) is 0 Å². The maximum atomic E-state index is 12.9. The number of nitrogens with one attached hydrogen (secondary N) is 1. The summed E-state index contributed by atoms with van der Waals surface area (Å²) in [6.07, 6.45) is 3.15. The van der Waals surface area contributed by atoms with Gasteiger partial charge in [-0.05, 0) is 55.2 Å². The van der Waals surface area contributed by atoms with Crippen LogP contribution in [0.3, 0.4) is 0 Å². The number of halogens is 1. The van der Waals surface area contributed by atoms with Gasteiger partial charge in [-0.1, -0.05) is 29.8 Å². The van der Waals surface area contributed by atoms with Crippen molar-refractivity contribution >= 4 is 34.8 Å². The van der Waals surface area contributed by atoms with E-state index in [2.05, 4.69) is 5.32 Å². The molecule has 0 unspecified atom stereocenters. The number of benzene rings is 2. The zero-order chi connectivity index (χ0) is 17.4. The summed E-state index contributed by atoms with van der Waals surface area (Å²) in [4.78, 5) is 26.6. The lowest BCUT2D eigenvalue weighted by molar-refractivity contribution is -0.118. The number of hydrogen-bond acceptors (Lipinski definition) is 2. The second kappa shape index (κ2) is 6.19. The second-order valence-electron chi connectivity index (χ2n) is 6.74. The highest BCUT2D eigenvalue weighted by atomic mass is 35.5. The van der Waals surface area contributed by atoms with Crippen LogP contribution in [-0.4, -0.2) is 18.4 Å². The normalized spacial score (nSPS) is 18.3. The van der Waals surface area contributed by atoms with E-state index in [4.69, 9.17) is 11.6 Å². The molecular formula is C20H19ClN2O2. The Morgan fingerprint density at radius 1 is 1.12 bits per heavy atom. The second-order valence-corrected chi connectivity index (χ2v) is 7.18. The van der Waals surface area contributed by atoms with Gasteiger partial charge in [-0.15, -0.1) is 0 Å². The van der Waals surface area contributed by atoms with Crippen LogP contribution in [0, 0.1) is 0 Å². The fraction of sp³-hybridized carbons (Fsp3) is 0.300. The van der Waals surface area contributed by atoms with Crippen LogP contribution in [0.15, 0.2) is 48.5 Å². The van der Waals surface area contributed by atoms with Crippen molar-refractivity contribution in [3.63, 3.8) is 0 Å². The third kappa shape index (κ3) is 3.02. The molecule has 1 saturated heterocycles. The molecule has 0 radical (unpaired) electrons. The Morgan fingerprint density at radius 3 is 2.52 bits per heavy atom. The highest BCUT2D eigenvalue weighted by Crippen LogP contribution is 2.49. The summed E-state index contributed by atoms with van der Waals surface area (Å²) < 4.78 is 0. The lowest BCUT2D eigenvalue weighted by Crippen LogP contribution is -2.28. The lowest BCUT2D eigenvalue weighted by atomic mass is 9.95. The van der Waals surface area contributed by atoms with Crippen molar-refractivity contribution < 1.29 is 9.59 Å². The standard InChI is InChI=1S/C20H19ClN2O2/c21-15-8-6-14(7-9-15)20(10-11-20)19(25)22-16-3-1-4-17(13-16)23-12-2-5-18(23)24/h1,3-4,6-9,13H,2,5,10-12H2,(H,22,25). The zero-order valence-corrected chi connectivity index (χ0v) is 14.6. The minimum atomic E-state index is -0.454. The highest BCUT2D eigenvalue weighted by Gasteiger charge is 2.51. The monoisotopic (exact) mass is 354 g/mol. The van der Waals surface area contributed by atoms with Crippen LogP contribution < -0.4 is 10.2 Å². The van der Waals surface area contributed by atoms with Gasteiger partial charge in [0.15, 0.2) is 0 Å². The summed E-state index contributed by atoms with van der Waals surface area (Å²) in [6, 6.07) is 15.0. The van der Waals surface area contributed by atoms with Crippen molar-refractivity contribution in [2.45, 2.75) is 31.1 Å². The quantitative estimate of drug-likeness (QED) is 0.897. The molecule has 2 aromatic carbocycles. The Labute approximate surface area is 151 Å². The first-order valence-corrected chi connectivity index (χ1v) is 8.94. The van der Waals surface area contributed by atoms with Crippen LogP contribution >= 0.6 is 11.6 Å². The number of amides is 2. The van der Waals surface area contributed by atoms with E-state index in [0.29, 0.717) is 11.4 Å². The predicted octanol–water partition coefficient (Wildman–Crippen LogP) is 4.14. The molecule has 25 heavy (non-hydrogen) atoms. The molecule has 4 rings (SSSR count). The van der Waals surface area contributed by atoms with Crippen molar-refractivity contribution in [3.05, 3.63) is 59.1 Å². The van der Waals surface area contributed by atoms with Crippen LogP contribution in [0.25, 0.3) is 0 Å². The molecule has 0 atom stereocenters. The predicted molar refractivity (Wildman–Crippen MR) is 99.0 cm³/mol. The van der Waals surface area contributed by atoms with Crippen molar-refractivity contribution in [1.29, 1.82) is 0 Å². The number of carbonyl (C=O) groups is 2.